The number of pyridine rings is 1. The molecule has 0 amide bonds. The van der Waals surface area contributed by atoms with Gasteiger partial charge in [0.05, 0.1) is 5.56 Å². The monoisotopic (exact) mass is 231 g/mol. The van der Waals surface area contributed by atoms with E-state index in [0.29, 0.717) is 11.1 Å². The number of carbonyl (C=O) groups is 1. The van der Waals surface area contributed by atoms with Gasteiger partial charge < -0.3 is 5.11 Å². The third-order valence-electron chi connectivity index (χ3n) is 2.40. The van der Waals surface area contributed by atoms with Crippen molar-refractivity contribution in [2.45, 2.75) is 6.92 Å². The van der Waals surface area contributed by atoms with Gasteiger partial charge in [-0.3, -0.25) is 4.98 Å². The molecule has 1 aromatic carbocycles. The lowest BCUT2D eigenvalue weighted by atomic mass is 10.00. The molecule has 1 N–H and O–H groups in total. The van der Waals surface area contributed by atoms with Crippen molar-refractivity contribution >= 4 is 5.97 Å². The van der Waals surface area contributed by atoms with E-state index in [-0.39, 0.29) is 5.56 Å². The van der Waals surface area contributed by atoms with Crippen LogP contribution in [-0.2, 0) is 0 Å². The van der Waals surface area contributed by atoms with Crippen molar-refractivity contribution in [2.24, 2.45) is 0 Å². The molecular formula is C13H10FNO2. The molecule has 0 atom stereocenters. The number of aromatic carboxylic acids is 1. The van der Waals surface area contributed by atoms with E-state index in [1.165, 1.54) is 18.3 Å². The van der Waals surface area contributed by atoms with Crippen LogP contribution in [0.15, 0.2) is 36.7 Å². The zero-order valence-electron chi connectivity index (χ0n) is 9.14. The van der Waals surface area contributed by atoms with Gasteiger partial charge in [-0.15, -0.1) is 0 Å². The molecule has 0 radical (unpaired) electrons. The smallest absolute Gasteiger partial charge is 0.336 e. The van der Waals surface area contributed by atoms with Crippen molar-refractivity contribution < 1.29 is 14.3 Å². The van der Waals surface area contributed by atoms with Crippen molar-refractivity contribution in [3.05, 3.63) is 53.6 Å². The molecule has 0 saturated heterocycles. The van der Waals surface area contributed by atoms with Crippen LogP contribution in [0.2, 0.25) is 0 Å². The summed E-state index contributed by atoms with van der Waals surface area (Å²) in [4.78, 5) is 15.0. The minimum Gasteiger partial charge on any atom is -0.478 e. The SMILES string of the molecule is Cc1cncc(-c2cc(F)ccc2C(=O)O)c1. The molecule has 0 aliphatic rings. The maximum atomic E-state index is 13.2. The highest BCUT2D eigenvalue weighted by atomic mass is 19.1. The average molecular weight is 231 g/mol. The van der Waals surface area contributed by atoms with Crippen molar-refractivity contribution in [1.82, 2.24) is 4.98 Å². The molecule has 0 spiro atoms. The van der Waals surface area contributed by atoms with Crippen LogP contribution in [0.3, 0.4) is 0 Å². The van der Waals surface area contributed by atoms with Gasteiger partial charge in [-0.2, -0.15) is 0 Å². The fourth-order valence-electron chi connectivity index (χ4n) is 1.64. The number of rotatable bonds is 2. The maximum absolute atomic E-state index is 13.2. The lowest BCUT2D eigenvalue weighted by Gasteiger charge is -2.06. The van der Waals surface area contributed by atoms with Crippen molar-refractivity contribution in [3.8, 4) is 11.1 Å². The van der Waals surface area contributed by atoms with Crippen LogP contribution >= 0.6 is 0 Å². The van der Waals surface area contributed by atoms with Crippen LogP contribution < -0.4 is 0 Å². The molecule has 86 valence electrons. The third-order valence-corrected chi connectivity index (χ3v) is 2.40. The fourth-order valence-corrected chi connectivity index (χ4v) is 1.64. The number of halogens is 1. The highest BCUT2D eigenvalue weighted by molar-refractivity contribution is 5.95. The number of nitrogens with zero attached hydrogens (tertiary/aromatic N) is 1. The second kappa shape index (κ2) is 4.33. The van der Waals surface area contributed by atoms with Gasteiger partial charge in [0.2, 0.25) is 0 Å². The summed E-state index contributed by atoms with van der Waals surface area (Å²) in [6.45, 7) is 1.84. The number of carboxylic acids is 1. The Balaban J connectivity index is 2.65. The number of hydrogen-bond donors (Lipinski definition) is 1. The Kier molecular flexibility index (Phi) is 2.87. The summed E-state index contributed by atoms with van der Waals surface area (Å²) in [6.07, 6.45) is 3.18. The van der Waals surface area contributed by atoms with Gasteiger partial charge in [0.25, 0.3) is 0 Å². The largest absolute Gasteiger partial charge is 0.478 e. The zero-order chi connectivity index (χ0) is 12.4. The Hall–Kier alpha value is -2.23. The van der Waals surface area contributed by atoms with Crippen molar-refractivity contribution in [3.63, 3.8) is 0 Å². The number of hydrogen-bond acceptors (Lipinski definition) is 2. The van der Waals surface area contributed by atoms with E-state index in [9.17, 15) is 9.18 Å². The molecule has 1 heterocycles. The third kappa shape index (κ3) is 2.30. The predicted molar refractivity (Wildman–Crippen MR) is 61.3 cm³/mol. The van der Waals surface area contributed by atoms with E-state index in [1.807, 2.05) is 6.92 Å². The van der Waals surface area contributed by atoms with Gasteiger partial charge in [-0.05, 0) is 36.8 Å². The lowest BCUT2D eigenvalue weighted by Crippen LogP contribution is -2.00. The Bertz CT molecular complexity index is 581. The molecule has 0 aliphatic carbocycles. The van der Waals surface area contributed by atoms with Gasteiger partial charge in [0.15, 0.2) is 0 Å². The van der Waals surface area contributed by atoms with Gasteiger partial charge in [0, 0.05) is 23.5 Å². The summed E-state index contributed by atoms with van der Waals surface area (Å²) in [5.41, 5.74) is 1.90. The van der Waals surface area contributed by atoms with E-state index in [4.69, 9.17) is 5.11 Å². The minimum absolute atomic E-state index is 0.0683. The maximum Gasteiger partial charge on any atom is 0.336 e. The topological polar surface area (TPSA) is 50.2 Å². The molecule has 2 rings (SSSR count). The van der Waals surface area contributed by atoms with Crippen molar-refractivity contribution in [2.75, 3.05) is 0 Å². The summed E-state index contributed by atoms with van der Waals surface area (Å²) in [5, 5.41) is 9.04. The van der Waals surface area contributed by atoms with E-state index in [1.54, 1.807) is 12.3 Å². The van der Waals surface area contributed by atoms with Gasteiger partial charge in [-0.25, -0.2) is 9.18 Å². The van der Waals surface area contributed by atoms with Crippen LogP contribution in [0.4, 0.5) is 4.39 Å². The summed E-state index contributed by atoms with van der Waals surface area (Å²) >= 11 is 0. The minimum atomic E-state index is -1.08. The van der Waals surface area contributed by atoms with Gasteiger partial charge >= 0.3 is 5.97 Å². The quantitative estimate of drug-likeness (QED) is 0.864. The molecule has 0 aliphatic heterocycles. The number of aryl methyl sites for hydroxylation is 1. The van der Waals surface area contributed by atoms with E-state index in [0.717, 1.165) is 11.6 Å². The molecule has 3 nitrogen and oxygen atoms in total. The fraction of sp³-hybridized carbons (Fsp3) is 0.0769. The first-order valence-corrected chi connectivity index (χ1v) is 5.03. The van der Waals surface area contributed by atoms with E-state index >= 15 is 0 Å². The summed E-state index contributed by atoms with van der Waals surface area (Å²) in [7, 11) is 0. The van der Waals surface area contributed by atoms with Crippen LogP contribution in [0.5, 0.6) is 0 Å². The zero-order valence-corrected chi connectivity index (χ0v) is 9.14. The molecular weight excluding hydrogens is 221 g/mol. The van der Waals surface area contributed by atoms with Crippen molar-refractivity contribution in [1.29, 1.82) is 0 Å². The summed E-state index contributed by atoms with van der Waals surface area (Å²) in [5.74, 6) is -1.55. The molecule has 4 heteroatoms. The van der Waals surface area contributed by atoms with Gasteiger partial charge in [0.1, 0.15) is 5.82 Å². The summed E-state index contributed by atoms with van der Waals surface area (Å²) < 4.78 is 13.2. The Morgan fingerprint density at radius 1 is 1.29 bits per heavy atom. The van der Waals surface area contributed by atoms with E-state index in [2.05, 4.69) is 4.98 Å². The molecule has 1 aromatic heterocycles. The summed E-state index contributed by atoms with van der Waals surface area (Å²) in [6, 6.07) is 5.37. The molecule has 0 fully saturated rings. The van der Waals surface area contributed by atoms with E-state index < -0.39 is 11.8 Å². The molecule has 0 saturated carbocycles. The Labute approximate surface area is 97.6 Å². The normalized spacial score (nSPS) is 10.2. The molecule has 2 aromatic rings. The van der Waals surface area contributed by atoms with Gasteiger partial charge in [-0.1, -0.05) is 0 Å². The van der Waals surface area contributed by atoms with Crippen LogP contribution in [-0.4, -0.2) is 16.1 Å². The van der Waals surface area contributed by atoms with Crippen LogP contribution in [0.25, 0.3) is 11.1 Å². The second-order valence-corrected chi connectivity index (χ2v) is 3.75. The number of carboxylic acid groups (broad SMARTS) is 1. The Morgan fingerprint density at radius 3 is 2.71 bits per heavy atom. The number of aromatic nitrogens is 1. The first-order valence-electron chi connectivity index (χ1n) is 5.03. The van der Waals surface area contributed by atoms with Crippen LogP contribution in [0, 0.1) is 12.7 Å². The highest BCUT2D eigenvalue weighted by Gasteiger charge is 2.12. The first kappa shape index (κ1) is 11.3. The standard InChI is InChI=1S/C13H10FNO2/c1-8-4-9(7-15-6-8)12-5-10(14)2-3-11(12)13(16)17/h2-7H,1H3,(H,16,17). The molecule has 17 heavy (non-hydrogen) atoms. The molecule has 0 bridgehead atoms. The van der Waals surface area contributed by atoms with Crippen LogP contribution in [0.1, 0.15) is 15.9 Å². The number of benzene rings is 1. The average Bonchev–Trinajstić information content (AvgIpc) is 2.28. The second-order valence-electron chi connectivity index (χ2n) is 3.75. The first-order chi connectivity index (χ1) is 8.08. The lowest BCUT2D eigenvalue weighted by molar-refractivity contribution is 0.0697. The predicted octanol–water partition coefficient (Wildman–Crippen LogP) is 2.89. The Morgan fingerprint density at radius 2 is 2.06 bits per heavy atom. The molecule has 0 unspecified atom stereocenters. The highest BCUT2D eigenvalue weighted by Crippen LogP contribution is 2.24.